The number of hydrogen-bond donors (Lipinski definition) is 1. The lowest BCUT2D eigenvalue weighted by molar-refractivity contribution is -0.137. The predicted molar refractivity (Wildman–Crippen MR) is 61.1 cm³/mol. The summed E-state index contributed by atoms with van der Waals surface area (Å²) in [6.07, 6.45) is -2.44. The zero-order chi connectivity index (χ0) is 13.3. The molecule has 0 saturated heterocycles. The van der Waals surface area contributed by atoms with Crippen molar-refractivity contribution in [2.45, 2.75) is 32.0 Å². The Morgan fingerprint density at radius 1 is 1.33 bits per heavy atom. The molecular formula is C13H14F3NO. The molecule has 1 aliphatic rings. The van der Waals surface area contributed by atoms with Gasteiger partial charge in [-0.3, -0.25) is 4.79 Å². The van der Waals surface area contributed by atoms with Crippen molar-refractivity contribution in [1.29, 1.82) is 0 Å². The van der Waals surface area contributed by atoms with Gasteiger partial charge in [-0.25, -0.2) is 0 Å². The van der Waals surface area contributed by atoms with Crippen LogP contribution in [0.3, 0.4) is 0 Å². The molecular weight excluding hydrogens is 243 g/mol. The Balaban J connectivity index is 2.19. The van der Waals surface area contributed by atoms with E-state index in [-0.39, 0.29) is 11.6 Å². The van der Waals surface area contributed by atoms with Gasteiger partial charge in [-0.1, -0.05) is 12.1 Å². The SMILES string of the molecule is CC(NC(=O)c1ccccc1C(F)(F)F)C1CC1. The first-order valence-corrected chi connectivity index (χ1v) is 5.86. The maximum atomic E-state index is 12.7. The molecule has 0 bridgehead atoms. The number of carbonyl (C=O) groups excluding carboxylic acids is 1. The van der Waals surface area contributed by atoms with Gasteiger partial charge >= 0.3 is 6.18 Å². The number of nitrogens with one attached hydrogen (secondary N) is 1. The second-order valence-electron chi connectivity index (χ2n) is 4.64. The van der Waals surface area contributed by atoms with Crippen LogP contribution in [-0.4, -0.2) is 11.9 Å². The summed E-state index contributed by atoms with van der Waals surface area (Å²) in [5.74, 6) is -0.241. The molecule has 0 radical (unpaired) electrons. The second kappa shape index (κ2) is 4.63. The second-order valence-corrected chi connectivity index (χ2v) is 4.64. The van der Waals surface area contributed by atoms with Crippen molar-refractivity contribution in [2.24, 2.45) is 5.92 Å². The molecule has 1 aliphatic carbocycles. The molecule has 0 aliphatic heterocycles. The number of alkyl halides is 3. The van der Waals surface area contributed by atoms with Crippen LogP contribution in [0.5, 0.6) is 0 Å². The first kappa shape index (κ1) is 12.9. The molecule has 1 N–H and O–H groups in total. The van der Waals surface area contributed by atoms with Crippen LogP contribution in [0, 0.1) is 5.92 Å². The fourth-order valence-corrected chi connectivity index (χ4v) is 1.93. The summed E-state index contributed by atoms with van der Waals surface area (Å²) in [5, 5.41) is 2.63. The molecule has 0 spiro atoms. The van der Waals surface area contributed by atoms with Gasteiger partial charge in [-0.15, -0.1) is 0 Å². The highest BCUT2D eigenvalue weighted by Crippen LogP contribution is 2.34. The smallest absolute Gasteiger partial charge is 0.349 e. The summed E-state index contributed by atoms with van der Waals surface area (Å²) in [5.41, 5.74) is -1.19. The molecule has 2 rings (SSSR count). The molecule has 1 aromatic rings. The van der Waals surface area contributed by atoms with Crippen molar-refractivity contribution in [3.05, 3.63) is 35.4 Å². The lowest BCUT2D eigenvalue weighted by Crippen LogP contribution is -2.35. The van der Waals surface area contributed by atoms with E-state index in [1.807, 2.05) is 6.92 Å². The molecule has 1 fully saturated rings. The minimum atomic E-state index is -4.50. The Bertz CT molecular complexity index is 452. The van der Waals surface area contributed by atoms with Gasteiger partial charge in [0.2, 0.25) is 0 Å². The minimum Gasteiger partial charge on any atom is -0.349 e. The van der Waals surface area contributed by atoms with Crippen LogP contribution in [0.2, 0.25) is 0 Å². The molecule has 1 aromatic carbocycles. The van der Waals surface area contributed by atoms with Gasteiger partial charge in [-0.05, 0) is 37.8 Å². The van der Waals surface area contributed by atoms with Crippen LogP contribution in [0.4, 0.5) is 13.2 Å². The third-order valence-corrected chi connectivity index (χ3v) is 3.16. The van der Waals surface area contributed by atoms with E-state index in [0.29, 0.717) is 5.92 Å². The monoisotopic (exact) mass is 257 g/mol. The highest BCUT2D eigenvalue weighted by molar-refractivity contribution is 5.96. The van der Waals surface area contributed by atoms with Crippen LogP contribution in [0.15, 0.2) is 24.3 Å². The first-order chi connectivity index (χ1) is 8.39. The Labute approximate surface area is 103 Å². The maximum Gasteiger partial charge on any atom is 0.417 e. The molecule has 2 nitrogen and oxygen atoms in total. The van der Waals surface area contributed by atoms with Gasteiger partial charge in [0, 0.05) is 6.04 Å². The summed E-state index contributed by atoms with van der Waals surface area (Å²) in [7, 11) is 0. The standard InChI is InChI=1S/C13H14F3NO/c1-8(9-6-7-9)17-12(18)10-4-2-3-5-11(10)13(14,15)16/h2-5,8-9H,6-7H2,1H3,(H,17,18). The van der Waals surface area contributed by atoms with E-state index in [1.54, 1.807) is 0 Å². The predicted octanol–water partition coefficient (Wildman–Crippen LogP) is 3.23. The van der Waals surface area contributed by atoms with E-state index in [1.165, 1.54) is 18.2 Å². The van der Waals surface area contributed by atoms with Gasteiger partial charge in [0.1, 0.15) is 0 Å². The summed E-state index contributed by atoms with van der Waals surface area (Å²) < 4.78 is 38.2. The molecule has 1 atom stereocenters. The van der Waals surface area contributed by atoms with Crippen molar-refractivity contribution < 1.29 is 18.0 Å². The van der Waals surface area contributed by atoms with E-state index in [0.717, 1.165) is 18.9 Å². The Morgan fingerprint density at radius 2 is 1.94 bits per heavy atom. The van der Waals surface area contributed by atoms with Gasteiger partial charge in [0.25, 0.3) is 5.91 Å². The third-order valence-electron chi connectivity index (χ3n) is 3.16. The quantitative estimate of drug-likeness (QED) is 0.885. The summed E-state index contributed by atoms with van der Waals surface area (Å²) >= 11 is 0. The number of benzene rings is 1. The lowest BCUT2D eigenvalue weighted by Gasteiger charge is -2.16. The van der Waals surface area contributed by atoms with E-state index >= 15 is 0 Å². The minimum absolute atomic E-state index is 0.0706. The molecule has 1 amide bonds. The van der Waals surface area contributed by atoms with Crippen molar-refractivity contribution >= 4 is 5.91 Å². The summed E-state index contributed by atoms with van der Waals surface area (Å²) in [4.78, 5) is 11.8. The number of rotatable bonds is 3. The van der Waals surface area contributed by atoms with Gasteiger partial charge < -0.3 is 5.32 Å². The van der Waals surface area contributed by atoms with Gasteiger partial charge in [0.15, 0.2) is 0 Å². The van der Waals surface area contributed by atoms with E-state index in [2.05, 4.69) is 5.32 Å². The molecule has 18 heavy (non-hydrogen) atoms. The van der Waals surface area contributed by atoms with Crippen LogP contribution in [0.1, 0.15) is 35.7 Å². The van der Waals surface area contributed by atoms with Gasteiger partial charge in [0.05, 0.1) is 11.1 Å². The number of amides is 1. The third kappa shape index (κ3) is 2.83. The van der Waals surface area contributed by atoms with E-state index in [9.17, 15) is 18.0 Å². The van der Waals surface area contributed by atoms with Crippen molar-refractivity contribution in [3.8, 4) is 0 Å². The van der Waals surface area contributed by atoms with Crippen LogP contribution in [-0.2, 0) is 6.18 Å². The molecule has 0 heterocycles. The average Bonchev–Trinajstić information content (AvgIpc) is 3.11. The normalized spacial score (nSPS) is 17.3. The fourth-order valence-electron chi connectivity index (χ4n) is 1.93. The average molecular weight is 257 g/mol. The van der Waals surface area contributed by atoms with Crippen LogP contribution < -0.4 is 5.32 Å². The zero-order valence-electron chi connectivity index (χ0n) is 9.92. The summed E-state index contributed by atoms with van der Waals surface area (Å²) in [6.45, 7) is 1.83. The van der Waals surface area contributed by atoms with E-state index < -0.39 is 17.6 Å². The largest absolute Gasteiger partial charge is 0.417 e. The zero-order valence-corrected chi connectivity index (χ0v) is 9.92. The van der Waals surface area contributed by atoms with Crippen molar-refractivity contribution in [3.63, 3.8) is 0 Å². The topological polar surface area (TPSA) is 29.1 Å². The van der Waals surface area contributed by atoms with Crippen LogP contribution in [0.25, 0.3) is 0 Å². The summed E-state index contributed by atoms with van der Waals surface area (Å²) in [6, 6.07) is 4.78. The van der Waals surface area contributed by atoms with Crippen molar-refractivity contribution in [2.75, 3.05) is 0 Å². The van der Waals surface area contributed by atoms with Gasteiger partial charge in [-0.2, -0.15) is 13.2 Å². The molecule has 1 unspecified atom stereocenters. The molecule has 0 aromatic heterocycles. The van der Waals surface area contributed by atoms with E-state index in [4.69, 9.17) is 0 Å². The van der Waals surface area contributed by atoms with Crippen molar-refractivity contribution in [1.82, 2.24) is 5.32 Å². The Kier molecular flexibility index (Phi) is 3.32. The first-order valence-electron chi connectivity index (χ1n) is 5.86. The molecule has 1 saturated carbocycles. The molecule has 5 heteroatoms. The highest BCUT2D eigenvalue weighted by Gasteiger charge is 2.36. The Hall–Kier alpha value is -1.52. The van der Waals surface area contributed by atoms with Crippen LogP contribution >= 0.6 is 0 Å². The number of carbonyl (C=O) groups is 1. The lowest BCUT2D eigenvalue weighted by atomic mass is 10.1. The Morgan fingerprint density at radius 3 is 2.50 bits per heavy atom. The molecule has 98 valence electrons. The number of hydrogen-bond acceptors (Lipinski definition) is 1. The fraction of sp³-hybridized carbons (Fsp3) is 0.462. The highest BCUT2D eigenvalue weighted by atomic mass is 19.4. The number of halogens is 3. The maximum absolute atomic E-state index is 12.7.